The molecule has 0 radical (unpaired) electrons. The standard InChI is InChI=1S/C16H25BrN4/c1-16(2,3)15-18-13(17)9-14(19-15)21-8-7-11-5-6-12(10-21)20(11)4/h9,11-12H,5-8,10H2,1-4H3. The molecule has 4 nitrogen and oxygen atoms in total. The number of anilines is 1. The Morgan fingerprint density at radius 2 is 1.86 bits per heavy atom. The topological polar surface area (TPSA) is 32.3 Å². The van der Waals surface area contributed by atoms with Crippen LogP contribution in [0, 0.1) is 0 Å². The predicted molar refractivity (Wildman–Crippen MR) is 89.8 cm³/mol. The fourth-order valence-electron chi connectivity index (χ4n) is 3.42. The van der Waals surface area contributed by atoms with E-state index < -0.39 is 0 Å². The van der Waals surface area contributed by atoms with E-state index in [1.165, 1.54) is 19.3 Å². The molecule has 2 unspecified atom stereocenters. The lowest BCUT2D eigenvalue weighted by atomic mass is 9.96. The van der Waals surface area contributed by atoms with Gasteiger partial charge in [0.2, 0.25) is 0 Å². The van der Waals surface area contributed by atoms with Crippen LogP contribution in [0.3, 0.4) is 0 Å². The minimum atomic E-state index is -0.0276. The zero-order valence-electron chi connectivity index (χ0n) is 13.4. The molecule has 2 atom stereocenters. The third-order valence-corrected chi connectivity index (χ3v) is 5.23. The summed E-state index contributed by atoms with van der Waals surface area (Å²) in [7, 11) is 2.28. The van der Waals surface area contributed by atoms with Gasteiger partial charge in [0.05, 0.1) is 0 Å². The van der Waals surface area contributed by atoms with E-state index in [0.29, 0.717) is 6.04 Å². The molecule has 3 rings (SSSR count). The number of nitrogens with zero attached hydrogens (tertiary/aromatic N) is 4. The van der Waals surface area contributed by atoms with Crippen LogP contribution in [-0.4, -0.2) is 47.1 Å². The van der Waals surface area contributed by atoms with Gasteiger partial charge in [-0.05, 0) is 42.2 Å². The van der Waals surface area contributed by atoms with E-state index in [1.807, 2.05) is 0 Å². The molecule has 0 N–H and O–H groups in total. The number of halogens is 1. The fourth-order valence-corrected chi connectivity index (χ4v) is 3.79. The molecule has 1 aromatic heterocycles. The third-order valence-electron chi connectivity index (χ3n) is 4.82. The van der Waals surface area contributed by atoms with E-state index >= 15 is 0 Å². The lowest BCUT2D eigenvalue weighted by molar-refractivity contribution is 0.254. The van der Waals surface area contributed by atoms with Crippen LogP contribution < -0.4 is 4.90 Å². The molecule has 0 aliphatic carbocycles. The highest BCUT2D eigenvalue weighted by molar-refractivity contribution is 9.10. The summed E-state index contributed by atoms with van der Waals surface area (Å²) in [5, 5.41) is 0. The van der Waals surface area contributed by atoms with Crippen LogP contribution in [0.4, 0.5) is 5.82 Å². The number of hydrogen-bond donors (Lipinski definition) is 0. The van der Waals surface area contributed by atoms with Gasteiger partial charge in [0, 0.05) is 36.7 Å². The van der Waals surface area contributed by atoms with Crippen molar-refractivity contribution in [1.82, 2.24) is 14.9 Å². The molecule has 0 saturated carbocycles. The van der Waals surface area contributed by atoms with Crippen molar-refractivity contribution in [2.75, 3.05) is 25.0 Å². The Labute approximate surface area is 136 Å². The van der Waals surface area contributed by atoms with Crippen molar-refractivity contribution in [3.05, 3.63) is 16.5 Å². The van der Waals surface area contributed by atoms with Crippen LogP contribution in [0.1, 0.15) is 45.9 Å². The Morgan fingerprint density at radius 3 is 2.57 bits per heavy atom. The highest BCUT2D eigenvalue weighted by Gasteiger charge is 2.35. The van der Waals surface area contributed by atoms with Crippen LogP contribution in [0.2, 0.25) is 0 Å². The molecule has 2 bridgehead atoms. The van der Waals surface area contributed by atoms with Crippen molar-refractivity contribution in [3.63, 3.8) is 0 Å². The van der Waals surface area contributed by atoms with Gasteiger partial charge in [0.1, 0.15) is 16.2 Å². The number of aromatic nitrogens is 2. The molecule has 3 heterocycles. The Morgan fingerprint density at radius 1 is 1.14 bits per heavy atom. The maximum Gasteiger partial charge on any atom is 0.137 e. The highest BCUT2D eigenvalue weighted by Crippen LogP contribution is 2.31. The Kier molecular flexibility index (Phi) is 3.99. The van der Waals surface area contributed by atoms with Gasteiger partial charge in [-0.25, -0.2) is 9.97 Å². The first-order chi connectivity index (χ1) is 9.84. The Balaban J connectivity index is 1.88. The average molecular weight is 353 g/mol. The molecule has 2 fully saturated rings. The predicted octanol–water partition coefficient (Wildman–Crippen LogP) is 3.21. The molecule has 0 amide bonds. The molecular weight excluding hydrogens is 328 g/mol. The molecule has 0 spiro atoms. The van der Waals surface area contributed by atoms with Crippen molar-refractivity contribution in [2.24, 2.45) is 0 Å². The minimum absolute atomic E-state index is 0.0276. The molecule has 1 aromatic rings. The van der Waals surface area contributed by atoms with Gasteiger partial charge in [-0.2, -0.15) is 0 Å². The van der Waals surface area contributed by atoms with E-state index in [9.17, 15) is 0 Å². The molecule has 2 saturated heterocycles. The Bertz CT molecular complexity index is 525. The van der Waals surface area contributed by atoms with Gasteiger partial charge in [-0.15, -0.1) is 0 Å². The van der Waals surface area contributed by atoms with Crippen LogP contribution in [-0.2, 0) is 5.41 Å². The first-order valence-corrected chi connectivity index (χ1v) is 8.66. The van der Waals surface area contributed by atoms with E-state index in [4.69, 9.17) is 4.98 Å². The third kappa shape index (κ3) is 3.09. The quantitative estimate of drug-likeness (QED) is 0.726. The van der Waals surface area contributed by atoms with Gasteiger partial charge < -0.3 is 4.90 Å². The number of fused-ring (bicyclic) bond motifs is 2. The molecule has 116 valence electrons. The van der Waals surface area contributed by atoms with Gasteiger partial charge >= 0.3 is 0 Å². The summed E-state index contributed by atoms with van der Waals surface area (Å²) in [4.78, 5) is 14.4. The summed E-state index contributed by atoms with van der Waals surface area (Å²) < 4.78 is 0.889. The number of rotatable bonds is 1. The van der Waals surface area contributed by atoms with Gasteiger partial charge in [-0.3, -0.25) is 4.90 Å². The summed E-state index contributed by atoms with van der Waals surface area (Å²) in [6.07, 6.45) is 3.91. The molecule has 0 aromatic carbocycles. The lowest BCUT2D eigenvalue weighted by Crippen LogP contribution is -2.37. The van der Waals surface area contributed by atoms with E-state index in [2.05, 4.69) is 64.6 Å². The van der Waals surface area contributed by atoms with Gasteiger partial charge in [-0.1, -0.05) is 20.8 Å². The smallest absolute Gasteiger partial charge is 0.137 e. The van der Waals surface area contributed by atoms with Crippen LogP contribution >= 0.6 is 15.9 Å². The summed E-state index contributed by atoms with van der Waals surface area (Å²) in [6, 6.07) is 3.49. The van der Waals surface area contributed by atoms with Crippen molar-refractivity contribution in [2.45, 2.75) is 57.5 Å². The second-order valence-electron chi connectivity index (χ2n) is 7.41. The SMILES string of the molecule is CN1C2CCC1CN(c1cc(Br)nc(C(C)(C)C)n1)CC2. The van der Waals surface area contributed by atoms with E-state index in [0.717, 1.165) is 35.4 Å². The number of likely N-dealkylation sites (N-methyl/N-ethyl adjacent to an activating group) is 1. The zero-order chi connectivity index (χ0) is 15.2. The summed E-state index contributed by atoms with van der Waals surface area (Å²) in [5.74, 6) is 1.98. The first kappa shape index (κ1) is 15.2. The maximum absolute atomic E-state index is 4.85. The van der Waals surface area contributed by atoms with Crippen LogP contribution in [0.5, 0.6) is 0 Å². The van der Waals surface area contributed by atoms with Gasteiger partial charge in [0.15, 0.2) is 0 Å². The summed E-state index contributed by atoms with van der Waals surface area (Å²) in [6.45, 7) is 8.67. The normalized spacial score (nSPS) is 27.0. The Hall–Kier alpha value is -0.680. The second-order valence-corrected chi connectivity index (χ2v) is 8.22. The molecule has 2 aliphatic rings. The van der Waals surface area contributed by atoms with Crippen LogP contribution in [0.15, 0.2) is 10.7 Å². The van der Waals surface area contributed by atoms with Crippen molar-refractivity contribution in [3.8, 4) is 0 Å². The average Bonchev–Trinajstić information content (AvgIpc) is 2.61. The maximum atomic E-state index is 4.85. The van der Waals surface area contributed by atoms with E-state index in [1.54, 1.807) is 0 Å². The first-order valence-electron chi connectivity index (χ1n) is 7.86. The van der Waals surface area contributed by atoms with Crippen LogP contribution in [0.25, 0.3) is 0 Å². The molecule has 2 aliphatic heterocycles. The second kappa shape index (κ2) is 5.51. The molecular formula is C16H25BrN4. The van der Waals surface area contributed by atoms with Crippen molar-refractivity contribution >= 4 is 21.7 Å². The molecule has 21 heavy (non-hydrogen) atoms. The monoisotopic (exact) mass is 352 g/mol. The largest absolute Gasteiger partial charge is 0.355 e. The van der Waals surface area contributed by atoms with Crippen molar-refractivity contribution < 1.29 is 0 Å². The molecule has 5 heteroatoms. The van der Waals surface area contributed by atoms with Gasteiger partial charge in [0.25, 0.3) is 0 Å². The lowest BCUT2D eigenvalue weighted by Gasteiger charge is -2.28. The summed E-state index contributed by atoms with van der Waals surface area (Å²) >= 11 is 3.56. The highest BCUT2D eigenvalue weighted by atomic mass is 79.9. The van der Waals surface area contributed by atoms with E-state index in [-0.39, 0.29) is 5.41 Å². The minimum Gasteiger partial charge on any atom is -0.355 e. The summed E-state index contributed by atoms with van der Waals surface area (Å²) in [5.41, 5.74) is -0.0276. The number of hydrogen-bond acceptors (Lipinski definition) is 4. The van der Waals surface area contributed by atoms with Crippen molar-refractivity contribution in [1.29, 1.82) is 0 Å². The zero-order valence-corrected chi connectivity index (χ0v) is 15.0. The fraction of sp³-hybridized carbons (Fsp3) is 0.750.